The minimum Gasteiger partial charge on any atom is -0.390 e. The first-order valence-corrected chi connectivity index (χ1v) is 6.52. The number of hydrogen-bond acceptors (Lipinski definition) is 4. The Hall–Kier alpha value is -1.07. The molecule has 0 fully saturated rings. The van der Waals surface area contributed by atoms with Crippen LogP contribution < -0.4 is 0 Å². The minimum absolute atomic E-state index is 0.108. The van der Waals surface area contributed by atoms with E-state index in [-0.39, 0.29) is 6.54 Å². The molecule has 0 aliphatic heterocycles. The maximum Gasteiger partial charge on any atom is 0.114 e. The molecule has 0 saturated heterocycles. The highest BCUT2D eigenvalue weighted by molar-refractivity contribution is 7.10. The zero-order valence-corrected chi connectivity index (χ0v) is 10.6. The van der Waals surface area contributed by atoms with Crippen molar-refractivity contribution in [3.63, 3.8) is 0 Å². The second-order valence-corrected chi connectivity index (χ2v) is 4.79. The van der Waals surface area contributed by atoms with Gasteiger partial charge in [0.1, 0.15) is 6.10 Å². The normalized spacial score (nSPS) is 14.1. The van der Waals surface area contributed by atoms with Crippen molar-refractivity contribution < 1.29 is 10.2 Å². The van der Waals surface area contributed by atoms with Crippen molar-refractivity contribution in [2.24, 2.45) is 5.11 Å². The molecule has 2 atom stereocenters. The molecule has 0 aliphatic rings. The molecule has 0 saturated carbocycles. The van der Waals surface area contributed by atoms with E-state index in [4.69, 9.17) is 5.53 Å². The van der Waals surface area contributed by atoms with Crippen LogP contribution in [-0.4, -0.2) is 22.9 Å². The zero-order valence-electron chi connectivity index (χ0n) is 9.78. The van der Waals surface area contributed by atoms with Gasteiger partial charge in [0.25, 0.3) is 0 Å². The average Bonchev–Trinajstić information content (AvgIpc) is 2.80. The third-order valence-corrected chi connectivity index (χ3v) is 3.58. The van der Waals surface area contributed by atoms with Gasteiger partial charge in [-0.25, -0.2) is 0 Å². The number of aliphatic hydroxyl groups is 2. The Labute approximate surface area is 104 Å². The zero-order chi connectivity index (χ0) is 12.7. The first-order valence-electron chi connectivity index (χ1n) is 5.64. The number of rotatable bonds is 7. The number of thiophene rings is 1. The number of hydrogen-bond donors (Lipinski definition) is 2. The predicted octanol–water partition coefficient (Wildman–Crippen LogP) is 2.80. The van der Waals surface area contributed by atoms with Crippen LogP contribution in [0.2, 0.25) is 0 Å². The monoisotopic (exact) mass is 255 g/mol. The lowest BCUT2D eigenvalue weighted by Crippen LogP contribution is -2.21. The molecule has 1 rings (SSSR count). The molecule has 0 radical (unpaired) electrons. The molecule has 2 N–H and O–H groups in total. The largest absolute Gasteiger partial charge is 0.390 e. The summed E-state index contributed by atoms with van der Waals surface area (Å²) in [7, 11) is 0. The van der Waals surface area contributed by atoms with Crippen molar-refractivity contribution in [1.82, 2.24) is 0 Å². The van der Waals surface area contributed by atoms with Crippen molar-refractivity contribution in [2.45, 2.75) is 38.4 Å². The summed E-state index contributed by atoms with van der Waals surface area (Å²) in [6.45, 7) is 2.00. The molecule has 0 amide bonds. The Morgan fingerprint density at radius 3 is 2.94 bits per heavy atom. The Morgan fingerprint density at radius 2 is 2.29 bits per heavy atom. The lowest BCUT2D eigenvalue weighted by Gasteiger charge is -2.16. The van der Waals surface area contributed by atoms with Crippen LogP contribution in [-0.2, 0) is 6.42 Å². The molecule has 0 aliphatic carbocycles. The van der Waals surface area contributed by atoms with E-state index in [0.717, 1.165) is 29.7 Å². The smallest absolute Gasteiger partial charge is 0.114 e. The van der Waals surface area contributed by atoms with Gasteiger partial charge in [0.2, 0.25) is 0 Å². The maximum atomic E-state index is 9.96. The van der Waals surface area contributed by atoms with Gasteiger partial charge in [-0.2, -0.15) is 0 Å². The first kappa shape index (κ1) is 14.0. The lowest BCUT2D eigenvalue weighted by molar-refractivity contribution is 0.0261. The summed E-state index contributed by atoms with van der Waals surface area (Å²) in [6.07, 6.45) is 1.05. The third-order valence-electron chi connectivity index (χ3n) is 2.55. The third kappa shape index (κ3) is 4.02. The summed E-state index contributed by atoms with van der Waals surface area (Å²) in [5.74, 6) is 0. The van der Waals surface area contributed by atoms with Crippen LogP contribution in [0.5, 0.6) is 0 Å². The van der Waals surface area contributed by atoms with Crippen LogP contribution in [0.1, 0.15) is 36.3 Å². The van der Waals surface area contributed by atoms with Gasteiger partial charge in [0.05, 0.1) is 12.6 Å². The van der Waals surface area contributed by atoms with Crippen LogP contribution in [0.3, 0.4) is 0 Å². The highest BCUT2D eigenvalue weighted by Gasteiger charge is 2.21. The summed E-state index contributed by atoms with van der Waals surface area (Å²) in [5, 5.41) is 24.8. The van der Waals surface area contributed by atoms with E-state index in [0.29, 0.717) is 0 Å². The standard InChI is InChI=1S/C11H17N3O2S/c1-2-3-4-8-5-6-17-11(8)10(16)9(15)7-13-14-12/h5-6,9-10,15-16H,2-4,7H2,1H3. The van der Waals surface area contributed by atoms with Crippen molar-refractivity contribution in [1.29, 1.82) is 0 Å². The number of azide groups is 1. The molecule has 94 valence electrons. The van der Waals surface area contributed by atoms with Crippen molar-refractivity contribution in [3.05, 3.63) is 32.3 Å². The number of aliphatic hydroxyl groups excluding tert-OH is 2. The molecule has 1 aromatic heterocycles. The maximum absolute atomic E-state index is 9.96. The molecular weight excluding hydrogens is 238 g/mol. The molecule has 5 nitrogen and oxygen atoms in total. The fourth-order valence-electron chi connectivity index (χ4n) is 1.58. The van der Waals surface area contributed by atoms with Gasteiger partial charge in [-0.3, -0.25) is 0 Å². The second-order valence-electron chi connectivity index (χ2n) is 3.84. The van der Waals surface area contributed by atoms with Gasteiger partial charge in [-0.05, 0) is 35.4 Å². The number of nitrogens with zero attached hydrogens (tertiary/aromatic N) is 3. The van der Waals surface area contributed by atoms with Gasteiger partial charge in [0, 0.05) is 9.79 Å². The predicted molar refractivity (Wildman–Crippen MR) is 67.9 cm³/mol. The highest BCUT2D eigenvalue weighted by atomic mass is 32.1. The van der Waals surface area contributed by atoms with E-state index in [9.17, 15) is 10.2 Å². The van der Waals surface area contributed by atoms with Crippen LogP contribution in [0.25, 0.3) is 10.4 Å². The molecule has 2 unspecified atom stereocenters. The van der Waals surface area contributed by atoms with E-state index < -0.39 is 12.2 Å². The Morgan fingerprint density at radius 1 is 1.53 bits per heavy atom. The van der Waals surface area contributed by atoms with E-state index in [1.807, 2.05) is 11.4 Å². The van der Waals surface area contributed by atoms with Crippen molar-refractivity contribution in [2.75, 3.05) is 6.54 Å². The van der Waals surface area contributed by atoms with Gasteiger partial charge in [-0.1, -0.05) is 18.5 Å². The molecule has 0 spiro atoms. The molecule has 1 aromatic rings. The van der Waals surface area contributed by atoms with Crippen LogP contribution in [0.4, 0.5) is 0 Å². The minimum atomic E-state index is -1.04. The lowest BCUT2D eigenvalue weighted by atomic mass is 10.0. The topological polar surface area (TPSA) is 89.2 Å². The molecule has 0 bridgehead atoms. The summed E-state index contributed by atoms with van der Waals surface area (Å²) in [6, 6.07) is 1.97. The van der Waals surface area contributed by atoms with Crippen molar-refractivity contribution >= 4 is 11.3 Å². The van der Waals surface area contributed by atoms with Gasteiger partial charge < -0.3 is 10.2 Å². The van der Waals surface area contributed by atoms with Gasteiger partial charge in [0.15, 0.2) is 0 Å². The summed E-state index contributed by atoms with van der Waals surface area (Å²) >= 11 is 1.43. The number of unbranched alkanes of at least 4 members (excludes halogenated alkanes) is 1. The van der Waals surface area contributed by atoms with Crippen LogP contribution in [0, 0.1) is 0 Å². The van der Waals surface area contributed by atoms with E-state index >= 15 is 0 Å². The van der Waals surface area contributed by atoms with E-state index in [1.165, 1.54) is 11.3 Å². The fraction of sp³-hybridized carbons (Fsp3) is 0.636. The first-order chi connectivity index (χ1) is 8.20. The van der Waals surface area contributed by atoms with E-state index in [1.54, 1.807) is 0 Å². The van der Waals surface area contributed by atoms with E-state index in [2.05, 4.69) is 16.9 Å². The summed E-state index contributed by atoms with van der Waals surface area (Å²) in [4.78, 5) is 3.35. The summed E-state index contributed by atoms with van der Waals surface area (Å²) < 4.78 is 0. The Balaban J connectivity index is 2.70. The molecule has 17 heavy (non-hydrogen) atoms. The quantitative estimate of drug-likeness (QED) is 0.445. The average molecular weight is 255 g/mol. The highest BCUT2D eigenvalue weighted by Crippen LogP contribution is 2.28. The molecule has 0 aromatic carbocycles. The number of aryl methyl sites for hydroxylation is 1. The fourth-order valence-corrected chi connectivity index (χ4v) is 2.57. The molecule has 6 heteroatoms. The Bertz CT molecular complexity index is 388. The molecular formula is C11H17N3O2S. The molecule has 1 heterocycles. The second kappa shape index (κ2) is 7.29. The summed E-state index contributed by atoms with van der Waals surface area (Å²) in [5.41, 5.74) is 9.24. The van der Waals surface area contributed by atoms with Gasteiger partial charge in [-0.15, -0.1) is 11.3 Å². The Kier molecular flexibility index (Phi) is 6.00. The van der Waals surface area contributed by atoms with Gasteiger partial charge >= 0.3 is 0 Å². The SMILES string of the molecule is CCCCc1ccsc1C(O)C(O)CN=[N+]=[N-]. The van der Waals surface area contributed by atoms with Crippen molar-refractivity contribution in [3.8, 4) is 0 Å². The van der Waals surface area contributed by atoms with Crippen LogP contribution >= 0.6 is 11.3 Å². The van der Waals surface area contributed by atoms with Crippen LogP contribution in [0.15, 0.2) is 16.6 Å².